The van der Waals surface area contributed by atoms with Crippen LogP contribution in [-0.2, 0) is 19.5 Å². The minimum atomic E-state index is 0.726. The maximum atomic E-state index is 5.54. The molecule has 0 amide bonds. The zero-order valence-corrected chi connectivity index (χ0v) is 17.0. The van der Waals surface area contributed by atoms with Gasteiger partial charge in [-0.2, -0.15) is 0 Å². The van der Waals surface area contributed by atoms with Crippen molar-refractivity contribution in [3.05, 3.63) is 63.6 Å². The van der Waals surface area contributed by atoms with Crippen molar-refractivity contribution in [3.63, 3.8) is 0 Å². The van der Waals surface area contributed by atoms with Crippen LogP contribution in [0.5, 0.6) is 5.75 Å². The van der Waals surface area contributed by atoms with Crippen molar-refractivity contribution in [1.82, 2.24) is 9.80 Å². The lowest BCUT2D eigenvalue weighted by atomic mass is 9.95. The van der Waals surface area contributed by atoms with Crippen molar-refractivity contribution in [2.45, 2.75) is 38.4 Å². The number of methoxy groups -OCH3 is 1. The highest BCUT2D eigenvalue weighted by Crippen LogP contribution is 2.28. The minimum absolute atomic E-state index is 0.726. The van der Waals surface area contributed by atoms with Crippen molar-refractivity contribution in [3.8, 4) is 5.75 Å². The van der Waals surface area contributed by atoms with Crippen LogP contribution in [0.1, 0.15) is 29.5 Å². The van der Waals surface area contributed by atoms with Crippen molar-refractivity contribution in [2.75, 3.05) is 26.7 Å². The van der Waals surface area contributed by atoms with E-state index in [1.807, 2.05) is 6.07 Å². The molecule has 0 unspecified atom stereocenters. The first kappa shape index (κ1) is 18.0. The summed E-state index contributed by atoms with van der Waals surface area (Å²) < 4.78 is 6.66. The Bertz CT molecular complexity index is 756. The molecule has 0 spiro atoms. The van der Waals surface area contributed by atoms with E-state index in [1.54, 1.807) is 12.7 Å². The summed E-state index contributed by atoms with van der Waals surface area (Å²) in [5.74, 6) is 0.989. The first-order chi connectivity index (χ1) is 12.7. The van der Waals surface area contributed by atoms with Crippen LogP contribution in [0, 0.1) is 0 Å². The second-order valence-corrected chi connectivity index (χ2v) is 8.37. The Balaban J connectivity index is 1.34. The molecule has 3 nitrogen and oxygen atoms in total. The number of halogens is 1. The van der Waals surface area contributed by atoms with Gasteiger partial charge in [0.05, 0.1) is 7.11 Å². The number of ether oxygens (including phenoxy) is 1. The predicted molar refractivity (Wildman–Crippen MR) is 110 cm³/mol. The maximum absolute atomic E-state index is 5.54. The highest BCUT2D eigenvalue weighted by Gasteiger charge is 2.27. The average Bonchev–Trinajstić information content (AvgIpc) is 2.68. The Morgan fingerprint density at radius 2 is 1.81 bits per heavy atom. The Kier molecular flexibility index (Phi) is 5.63. The van der Waals surface area contributed by atoms with Crippen LogP contribution in [0.15, 0.2) is 46.9 Å². The molecule has 2 aromatic carbocycles. The Morgan fingerprint density at radius 3 is 2.58 bits per heavy atom. The molecule has 1 fully saturated rings. The molecule has 0 saturated carbocycles. The van der Waals surface area contributed by atoms with Gasteiger partial charge in [0.15, 0.2) is 0 Å². The summed E-state index contributed by atoms with van der Waals surface area (Å²) in [4.78, 5) is 5.28. The van der Waals surface area contributed by atoms with Crippen LogP contribution in [-0.4, -0.2) is 42.6 Å². The molecular weight excluding hydrogens is 388 g/mol. The van der Waals surface area contributed by atoms with E-state index in [4.69, 9.17) is 4.74 Å². The van der Waals surface area contributed by atoms with Gasteiger partial charge in [-0.25, -0.2) is 0 Å². The second kappa shape index (κ2) is 8.12. The van der Waals surface area contributed by atoms with Gasteiger partial charge in [-0.05, 0) is 61.7 Å². The van der Waals surface area contributed by atoms with Crippen LogP contribution in [0.25, 0.3) is 0 Å². The molecule has 2 aliphatic rings. The largest absolute Gasteiger partial charge is 0.496 e. The third kappa shape index (κ3) is 3.98. The first-order valence-corrected chi connectivity index (χ1v) is 10.4. The quantitative estimate of drug-likeness (QED) is 0.733. The van der Waals surface area contributed by atoms with Crippen molar-refractivity contribution >= 4 is 15.9 Å². The van der Waals surface area contributed by atoms with Gasteiger partial charge in [0.1, 0.15) is 5.75 Å². The van der Waals surface area contributed by atoms with Gasteiger partial charge < -0.3 is 4.74 Å². The van der Waals surface area contributed by atoms with Gasteiger partial charge in [0.2, 0.25) is 0 Å². The summed E-state index contributed by atoms with van der Waals surface area (Å²) in [6.07, 6.45) is 3.72. The molecule has 2 heterocycles. The standard InChI is InChI=1S/C22H27BrN2O/c1-26-22-7-6-20(23)14-19(22)15-24-11-9-21(10-12-24)25-13-8-17-4-2-3-5-18(17)16-25/h2-7,14,21H,8-13,15-16H2,1H3. The smallest absolute Gasteiger partial charge is 0.123 e. The molecule has 2 aromatic rings. The highest BCUT2D eigenvalue weighted by atomic mass is 79.9. The van der Waals surface area contributed by atoms with E-state index in [0.29, 0.717) is 0 Å². The van der Waals surface area contributed by atoms with Crippen molar-refractivity contribution < 1.29 is 4.74 Å². The maximum Gasteiger partial charge on any atom is 0.123 e. The van der Waals surface area contributed by atoms with E-state index in [-0.39, 0.29) is 0 Å². The lowest BCUT2D eigenvalue weighted by Crippen LogP contribution is -2.46. The highest BCUT2D eigenvalue weighted by molar-refractivity contribution is 9.10. The van der Waals surface area contributed by atoms with E-state index in [2.05, 4.69) is 62.1 Å². The number of nitrogens with zero attached hydrogens (tertiary/aromatic N) is 2. The van der Waals surface area contributed by atoms with Crippen molar-refractivity contribution in [2.24, 2.45) is 0 Å². The summed E-state index contributed by atoms with van der Waals surface area (Å²) in [7, 11) is 1.76. The minimum Gasteiger partial charge on any atom is -0.496 e. The SMILES string of the molecule is COc1ccc(Br)cc1CN1CCC(N2CCc3ccccc3C2)CC1. The number of piperidine rings is 1. The zero-order chi connectivity index (χ0) is 17.9. The molecule has 0 aromatic heterocycles. The van der Waals surface area contributed by atoms with E-state index < -0.39 is 0 Å². The molecule has 138 valence electrons. The van der Waals surface area contributed by atoms with Gasteiger partial charge in [0.25, 0.3) is 0 Å². The first-order valence-electron chi connectivity index (χ1n) is 9.58. The normalized spacial score (nSPS) is 19.3. The summed E-state index contributed by atoms with van der Waals surface area (Å²) in [5, 5.41) is 0. The lowest BCUT2D eigenvalue weighted by molar-refractivity contribution is 0.0945. The van der Waals surface area contributed by atoms with Gasteiger partial charge in [-0.3, -0.25) is 9.80 Å². The predicted octanol–water partition coefficient (Wildman–Crippen LogP) is 4.48. The molecule has 0 N–H and O–H groups in total. The fourth-order valence-electron chi connectivity index (χ4n) is 4.38. The summed E-state index contributed by atoms with van der Waals surface area (Å²) in [5.41, 5.74) is 4.34. The molecule has 4 heteroatoms. The van der Waals surface area contributed by atoms with Gasteiger partial charge in [-0.1, -0.05) is 40.2 Å². The second-order valence-electron chi connectivity index (χ2n) is 7.45. The molecule has 0 radical (unpaired) electrons. The monoisotopic (exact) mass is 414 g/mol. The zero-order valence-electron chi connectivity index (χ0n) is 15.5. The third-order valence-corrected chi connectivity index (χ3v) is 6.36. The van der Waals surface area contributed by atoms with Crippen LogP contribution >= 0.6 is 15.9 Å². The number of hydrogen-bond acceptors (Lipinski definition) is 3. The van der Waals surface area contributed by atoms with Gasteiger partial charge in [0, 0.05) is 35.7 Å². The fourth-order valence-corrected chi connectivity index (χ4v) is 4.79. The van der Waals surface area contributed by atoms with Crippen molar-refractivity contribution in [1.29, 1.82) is 0 Å². The fraction of sp³-hybridized carbons (Fsp3) is 0.455. The van der Waals surface area contributed by atoms with E-state index in [9.17, 15) is 0 Å². The summed E-state index contributed by atoms with van der Waals surface area (Å²) in [6, 6.07) is 16.0. The van der Waals surface area contributed by atoms with E-state index >= 15 is 0 Å². The van der Waals surface area contributed by atoms with Crippen LogP contribution in [0.4, 0.5) is 0 Å². The van der Waals surface area contributed by atoms with E-state index in [1.165, 1.54) is 50.0 Å². The molecule has 2 aliphatic heterocycles. The number of hydrogen-bond donors (Lipinski definition) is 0. The topological polar surface area (TPSA) is 15.7 Å². The molecular formula is C22H27BrN2O. The van der Waals surface area contributed by atoms with Gasteiger partial charge in [-0.15, -0.1) is 0 Å². The molecule has 26 heavy (non-hydrogen) atoms. The number of rotatable bonds is 4. The molecule has 4 rings (SSSR count). The summed E-state index contributed by atoms with van der Waals surface area (Å²) >= 11 is 3.58. The molecule has 1 saturated heterocycles. The third-order valence-electron chi connectivity index (χ3n) is 5.87. The number of likely N-dealkylation sites (tertiary alicyclic amines) is 1. The number of fused-ring (bicyclic) bond motifs is 1. The van der Waals surface area contributed by atoms with Crippen LogP contribution < -0.4 is 4.74 Å². The van der Waals surface area contributed by atoms with Crippen LogP contribution in [0.2, 0.25) is 0 Å². The Hall–Kier alpha value is -1.36. The lowest BCUT2D eigenvalue weighted by Gasteiger charge is -2.40. The average molecular weight is 415 g/mol. The Morgan fingerprint density at radius 1 is 1.04 bits per heavy atom. The molecule has 0 bridgehead atoms. The van der Waals surface area contributed by atoms with Gasteiger partial charge >= 0.3 is 0 Å². The Labute approximate surface area is 165 Å². The van der Waals surface area contributed by atoms with Crippen LogP contribution in [0.3, 0.4) is 0 Å². The van der Waals surface area contributed by atoms with E-state index in [0.717, 1.165) is 29.4 Å². The molecule has 0 aliphatic carbocycles. The number of benzene rings is 2. The molecule has 0 atom stereocenters. The summed E-state index contributed by atoms with van der Waals surface area (Å²) in [6.45, 7) is 5.64.